The molecule has 8 aliphatic rings. The van der Waals surface area contributed by atoms with Crippen LogP contribution >= 0.6 is 0 Å². The maximum absolute atomic E-state index is 12.7. The number of carbonyl (C=O) groups is 8. The predicted octanol–water partition coefficient (Wildman–Crippen LogP) is 14.5. The molecular weight excluding hydrogens is 1200 g/mol. The number of esters is 2. The van der Waals surface area contributed by atoms with Crippen LogP contribution in [0.25, 0.3) is 0 Å². The first-order valence-electron chi connectivity index (χ1n) is 37.7. The molecule has 18 atom stereocenters. The van der Waals surface area contributed by atoms with Crippen molar-refractivity contribution in [2.45, 2.75) is 287 Å². The maximum Gasteiger partial charge on any atom is 0.407 e. The van der Waals surface area contributed by atoms with Gasteiger partial charge in [-0.05, 0) is 195 Å². The predicted molar refractivity (Wildman–Crippen MR) is 369 cm³/mol. The third-order valence-corrected chi connectivity index (χ3v) is 25.8. The van der Waals surface area contributed by atoms with Crippen molar-refractivity contribution in [1.29, 1.82) is 0 Å². The zero-order chi connectivity index (χ0) is 69.4. The average Bonchev–Trinajstić information content (AvgIpc) is 1.70. The van der Waals surface area contributed by atoms with Crippen LogP contribution in [0.15, 0.2) is 23.3 Å². The molecule has 6 saturated carbocycles. The van der Waals surface area contributed by atoms with E-state index >= 15 is 0 Å². The molecule has 8 unspecified atom stereocenters. The van der Waals surface area contributed by atoms with Crippen molar-refractivity contribution in [2.75, 3.05) is 33.4 Å². The van der Waals surface area contributed by atoms with E-state index in [0.717, 1.165) is 111 Å². The molecule has 0 spiro atoms. The number of amides is 5. The zero-order valence-electron chi connectivity index (χ0n) is 60.9. The molecular formula is C77H127N5O13. The summed E-state index contributed by atoms with van der Waals surface area (Å²) in [5, 5.41) is 21.9. The summed E-state index contributed by atoms with van der Waals surface area (Å²) in [4.78, 5) is 95.9. The monoisotopic (exact) mass is 1330 g/mol. The van der Waals surface area contributed by atoms with E-state index in [-0.39, 0.29) is 92.9 Å². The Balaban J connectivity index is 0.000000269. The van der Waals surface area contributed by atoms with Crippen LogP contribution in [0, 0.1) is 92.7 Å². The molecule has 0 radical (unpaired) electrons. The van der Waals surface area contributed by atoms with Crippen LogP contribution in [0.2, 0.25) is 0 Å². The molecule has 0 aromatic carbocycles. The van der Waals surface area contributed by atoms with Crippen molar-refractivity contribution >= 4 is 47.8 Å². The molecule has 0 aromatic heterocycles. The Morgan fingerprint density at radius 2 is 0.926 bits per heavy atom. The number of hydrogen-bond acceptors (Lipinski definition) is 12. The number of carboxylic acid groups (broad SMARTS) is 1. The highest BCUT2D eigenvalue weighted by Crippen LogP contribution is 2.69. The van der Waals surface area contributed by atoms with Crippen LogP contribution in [0.3, 0.4) is 0 Å². The number of ether oxygens (including phenoxy) is 4. The summed E-state index contributed by atoms with van der Waals surface area (Å²) >= 11 is 0. The molecule has 18 heteroatoms. The molecule has 6 fully saturated rings. The molecule has 0 heterocycles. The molecule has 538 valence electrons. The van der Waals surface area contributed by atoms with Gasteiger partial charge in [-0.3, -0.25) is 28.8 Å². The van der Waals surface area contributed by atoms with E-state index in [9.17, 15) is 38.4 Å². The molecule has 0 saturated heterocycles. The quantitative estimate of drug-likeness (QED) is 0.0223. The number of rotatable bonds is 30. The average molecular weight is 1330 g/mol. The van der Waals surface area contributed by atoms with Crippen molar-refractivity contribution in [3.8, 4) is 0 Å². The van der Waals surface area contributed by atoms with Gasteiger partial charge in [0.1, 0.15) is 38.5 Å². The van der Waals surface area contributed by atoms with E-state index in [1.807, 2.05) is 13.8 Å². The largest absolute Gasteiger partial charge is 0.481 e. The number of hydrogen-bond donors (Lipinski definition) is 6. The lowest BCUT2D eigenvalue weighted by atomic mass is 9.47. The first-order valence-corrected chi connectivity index (χ1v) is 37.7. The fraction of sp³-hybridized carbons (Fsp3) is 0.844. The molecule has 95 heavy (non-hydrogen) atoms. The minimum absolute atomic E-state index is 0.00913. The summed E-state index contributed by atoms with van der Waals surface area (Å²) in [6.07, 6.45) is 30.7. The SMILES string of the molecule is CCC(COC(=O)CCC(=O)NC)NC(=O)CNC(=O)O[C@H]1CC[C@@]2(C)C(=CCC3C2CC[C@@]2(C)C3CC[C@@H]2[C@H](C)CCCC(C)C)C1.CCC(COC(=O)CCC(=O)O)NC(=O)CNC(=O)O[C@H]1CC[C@@]2(C)C(=CCC3C2CC[C@@]2(C)C3CC[C@@H]2[C@H](C)CCCC(C)C)C1. The smallest absolute Gasteiger partial charge is 0.407 e. The van der Waals surface area contributed by atoms with Crippen molar-refractivity contribution in [2.24, 2.45) is 92.7 Å². The Hall–Kier alpha value is -5.16. The van der Waals surface area contributed by atoms with E-state index in [0.29, 0.717) is 35.5 Å². The Morgan fingerprint density at radius 1 is 0.516 bits per heavy atom. The van der Waals surface area contributed by atoms with Crippen LogP contribution < -0.4 is 26.6 Å². The van der Waals surface area contributed by atoms with Gasteiger partial charge in [-0.2, -0.15) is 0 Å². The minimum Gasteiger partial charge on any atom is -0.481 e. The van der Waals surface area contributed by atoms with Gasteiger partial charge < -0.3 is 50.6 Å². The molecule has 8 aliphatic carbocycles. The summed E-state index contributed by atoms with van der Waals surface area (Å²) in [6, 6.07) is -0.818. The summed E-state index contributed by atoms with van der Waals surface area (Å²) < 4.78 is 21.9. The molecule has 6 N–H and O–H groups in total. The van der Waals surface area contributed by atoms with Crippen LogP contribution in [0.5, 0.6) is 0 Å². The lowest BCUT2D eigenvalue weighted by Crippen LogP contribution is -2.51. The summed E-state index contributed by atoms with van der Waals surface area (Å²) in [5.41, 5.74) is 4.23. The molecule has 0 bridgehead atoms. The second-order valence-electron chi connectivity index (χ2n) is 32.6. The zero-order valence-corrected chi connectivity index (χ0v) is 60.9. The van der Waals surface area contributed by atoms with E-state index in [2.05, 4.69) is 108 Å². The highest BCUT2D eigenvalue weighted by atomic mass is 16.6. The standard InChI is InChI=1S/C39H65N3O6.C38H62N2O7/c1-8-28(24-47-36(45)17-16-34(43)40-7)42-35(44)23-41-37(46)48-29-18-20-38(5)27(22-29)12-13-30-32-15-14-31(26(4)11-9-10-25(2)3)39(32,6)21-19-33(30)38;1-7-27(23-46-35(44)16-15-34(42)43)40-33(41)22-39-36(45)47-28-17-19-37(5)26(21-28)11-12-29-31-14-13-30(25(4)10-8-9-24(2)3)38(31,6)20-18-32(29)37/h12,25-26,28-33H,8-11,13-24H2,1-7H3,(H,40,43)(H,41,46)(H,42,44);11,24-25,27-32H,7-10,12-23H2,1-6H3,(H,39,45)(H,40,41)(H,42,43)/t26-,28?,29+,30?,31-,32?,33?,38+,39-;25-,27?,28+,29?,30-,31?,32?,37+,38-/m11/s1. The van der Waals surface area contributed by atoms with E-state index in [4.69, 9.17) is 24.1 Å². The highest BCUT2D eigenvalue weighted by molar-refractivity contribution is 5.83. The van der Waals surface area contributed by atoms with Gasteiger partial charge in [0, 0.05) is 26.3 Å². The number of carboxylic acids is 1. The fourth-order valence-electron chi connectivity index (χ4n) is 20.4. The number of allylic oxidation sites excluding steroid dienone is 2. The minimum atomic E-state index is -1.07. The van der Waals surface area contributed by atoms with Gasteiger partial charge >= 0.3 is 30.1 Å². The number of alkyl carbamates (subject to hydrolysis) is 2. The molecule has 8 rings (SSSR count). The Kier molecular flexibility index (Phi) is 28.5. The highest BCUT2D eigenvalue weighted by Gasteiger charge is 2.61. The Labute approximate surface area is 570 Å². The van der Waals surface area contributed by atoms with Crippen molar-refractivity contribution in [3.63, 3.8) is 0 Å². The van der Waals surface area contributed by atoms with Gasteiger partial charge in [0.25, 0.3) is 0 Å². The van der Waals surface area contributed by atoms with E-state index < -0.39 is 42.0 Å². The van der Waals surface area contributed by atoms with Crippen molar-refractivity contribution in [3.05, 3.63) is 23.3 Å². The fourth-order valence-corrected chi connectivity index (χ4v) is 20.4. The number of fused-ring (bicyclic) bond motifs is 10. The Bertz CT molecular complexity index is 2680. The van der Waals surface area contributed by atoms with Gasteiger partial charge in [0.05, 0.1) is 31.3 Å². The summed E-state index contributed by atoms with van der Waals surface area (Å²) in [7, 11) is 1.51. The molecule has 0 aromatic rings. The molecule has 18 nitrogen and oxygen atoms in total. The lowest BCUT2D eigenvalue weighted by molar-refractivity contribution is -0.148. The van der Waals surface area contributed by atoms with Gasteiger partial charge in [0.15, 0.2) is 0 Å². The molecule has 5 amide bonds. The third kappa shape index (κ3) is 20.0. The van der Waals surface area contributed by atoms with Gasteiger partial charge in [-0.1, -0.05) is 145 Å². The Morgan fingerprint density at radius 3 is 1.31 bits per heavy atom. The van der Waals surface area contributed by atoms with Crippen LogP contribution in [-0.4, -0.2) is 111 Å². The second-order valence-corrected chi connectivity index (χ2v) is 32.6. The van der Waals surface area contributed by atoms with Crippen molar-refractivity contribution < 1.29 is 62.4 Å². The van der Waals surface area contributed by atoms with Gasteiger partial charge in [0.2, 0.25) is 17.7 Å². The van der Waals surface area contributed by atoms with Crippen molar-refractivity contribution in [1.82, 2.24) is 26.6 Å². The van der Waals surface area contributed by atoms with Crippen LogP contribution in [0.4, 0.5) is 9.59 Å². The normalized spacial score (nSPS) is 32.3. The van der Waals surface area contributed by atoms with Crippen LogP contribution in [0.1, 0.15) is 263 Å². The van der Waals surface area contributed by atoms with Gasteiger partial charge in [-0.15, -0.1) is 0 Å². The summed E-state index contributed by atoms with van der Waals surface area (Å²) in [5.74, 6) is 6.30. The number of carbonyl (C=O) groups excluding carboxylic acids is 7. The first kappa shape index (κ1) is 77.2. The third-order valence-electron chi connectivity index (χ3n) is 25.8. The topological polar surface area (TPSA) is 254 Å². The lowest BCUT2D eigenvalue weighted by Gasteiger charge is -2.58. The second kappa shape index (κ2) is 35.1. The van der Waals surface area contributed by atoms with E-state index in [1.54, 1.807) is 0 Å². The maximum atomic E-state index is 12.7. The molecule has 0 aliphatic heterocycles. The summed E-state index contributed by atoms with van der Waals surface area (Å²) in [6.45, 7) is 27.9. The van der Waals surface area contributed by atoms with Gasteiger partial charge in [-0.25, -0.2) is 9.59 Å². The first-order chi connectivity index (χ1) is 45.1. The van der Waals surface area contributed by atoms with Crippen LogP contribution in [-0.2, 0) is 47.7 Å². The van der Waals surface area contributed by atoms with E-state index in [1.165, 1.54) is 108 Å². The number of aliphatic carboxylic acids is 1. The number of nitrogens with one attached hydrogen (secondary N) is 5.